The first-order valence-corrected chi connectivity index (χ1v) is 8.02. The van der Waals surface area contributed by atoms with Gasteiger partial charge >= 0.3 is 12.5 Å². The van der Waals surface area contributed by atoms with E-state index in [1.165, 1.54) is 17.9 Å². The second-order valence-electron chi connectivity index (χ2n) is 6.96. The van der Waals surface area contributed by atoms with Crippen molar-refractivity contribution in [1.29, 1.82) is 0 Å². The number of nitrogens with zero attached hydrogens (tertiary/aromatic N) is 1. The molecule has 26 heavy (non-hydrogen) atoms. The van der Waals surface area contributed by atoms with Crippen molar-refractivity contribution in [2.75, 3.05) is 11.9 Å². The van der Waals surface area contributed by atoms with E-state index in [0.29, 0.717) is 18.5 Å². The molecule has 0 bridgehead atoms. The van der Waals surface area contributed by atoms with Crippen LogP contribution in [0.3, 0.4) is 0 Å². The summed E-state index contributed by atoms with van der Waals surface area (Å²) in [6, 6.07) is 2.99. The molecule has 0 unspecified atom stereocenters. The Bertz CT molecular complexity index is 711. The van der Waals surface area contributed by atoms with Gasteiger partial charge in [-0.2, -0.15) is 0 Å². The molecule has 1 N–H and O–H groups in total. The predicted octanol–water partition coefficient (Wildman–Crippen LogP) is 3.84. The molecular formula is C17H21F3N2O4. The molecule has 2 amide bonds. The second-order valence-corrected chi connectivity index (χ2v) is 6.96. The van der Waals surface area contributed by atoms with Crippen LogP contribution in [-0.2, 0) is 22.5 Å². The molecule has 144 valence electrons. The third-order valence-corrected chi connectivity index (χ3v) is 3.54. The number of hydrogen-bond acceptors (Lipinski definition) is 4. The summed E-state index contributed by atoms with van der Waals surface area (Å²) in [6.45, 7) is 6.50. The molecule has 1 aromatic rings. The standard InChI is InChI=1S/C17H21F3N2O4/c1-10(23)21-13-6-5-11-7-8-22(15(24)26-16(2,3)4)9-12(11)14(13)25-17(18,19)20/h5-6H,7-9H2,1-4H3,(H,21,23). The third-order valence-electron chi connectivity index (χ3n) is 3.54. The summed E-state index contributed by atoms with van der Waals surface area (Å²) < 4.78 is 48.0. The summed E-state index contributed by atoms with van der Waals surface area (Å²) >= 11 is 0. The number of halogens is 3. The average Bonchev–Trinajstić information content (AvgIpc) is 2.45. The van der Waals surface area contributed by atoms with Crippen LogP contribution < -0.4 is 10.1 Å². The number of carbonyl (C=O) groups is 2. The third kappa shape index (κ3) is 5.27. The van der Waals surface area contributed by atoms with Crippen molar-refractivity contribution in [3.8, 4) is 5.75 Å². The Hall–Kier alpha value is -2.45. The van der Waals surface area contributed by atoms with Gasteiger partial charge in [-0.15, -0.1) is 13.2 Å². The van der Waals surface area contributed by atoms with E-state index >= 15 is 0 Å². The Morgan fingerprint density at radius 2 is 1.85 bits per heavy atom. The van der Waals surface area contributed by atoms with Crippen LogP contribution in [0, 0.1) is 0 Å². The molecule has 2 rings (SSSR count). The predicted molar refractivity (Wildman–Crippen MR) is 87.8 cm³/mol. The van der Waals surface area contributed by atoms with Gasteiger partial charge in [0.15, 0.2) is 5.75 Å². The molecule has 0 radical (unpaired) electrons. The Kier molecular flexibility index (Phi) is 5.39. The molecule has 0 spiro atoms. The van der Waals surface area contributed by atoms with Gasteiger partial charge in [-0.3, -0.25) is 4.79 Å². The van der Waals surface area contributed by atoms with Gasteiger partial charge in [0.05, 0.1) is 12.2 Å². The van der Waals surface area contributed by atoms with E-state index in [1.54, 1.807) is 26.8 Å². The molecule has 9 heteroatoms. The molecular weight excluding hydrogens is 353 g/mol. The lowest BCUT2D eigenvalue weighted by Crippen LogP contribution is -2.40. The number of alkyl halides is 3. The van der Waals surface area contributed by atoms with E-state index < -0.39 is 29.7 Å². The van der Waals surface area contributed by atoms with Gasteiger partial charge in [0.25, 0.3) is 0 Å². The average molecular weight is 374 g/mol. The highest BCUT2D eigenvalue weighted by molar-refractivity contribution is 5.91. The lowest BCUT2D eigenvalue weighted by molar-refractivity contribution is -0.274. The zero-order valence-electron chi connectivity index (χ0n) is 15.0. The van der Waals surface area contributed by atoms with Crippen molar-refractivity contribution in [2.45, 2.75) is 52.6 Å². The maximum atomic E-state index is 12.9. The molecule has 6 nitrogen and oxygen atoms in total. The number of carbonyl (C=O) groups excluding carboxylic acids is 2. The molecule has 0 saturated carbocycles. The molecule has 0 aliphatic carbocycles. The minimum atomic E-state index is -4.93. The molecule has 1 aliphatic rings. The summed E-state index contributed by atoms with van der Waals surface area (Å²) in [5.74, 6) is -1.03. The summed E-state index contributed by atoms with van der Waals surface area (Å²) in [7, 11) is 0. The highest BCUT2D eigenvalue weighted by Gasteiger charge is 2.36. The van der Waals surface area contributed by atoms with Gasteiger partial charge in [0, 0.05) is 19.0 Å². The second kappa shape index (κ2) is 7.05. The quantitative estimate of drug-likeness (QED) is 0.854. The van der Waals surface area contributed by atoms with Crippen molar-refractivity contribution in [2.24, 2.45) is 0 Å². The van der Waals surface area contributed by atoms with E-state index in [1.807, 2.05) is 0 Å². The first kappa shape index (κ1) is 19.9. The smallest absolute Gasteiger partial charge is 0.444 e. The van der Waals surface area contributed by atoms with Gasteiger partial charge in [-0.05, 0) is 38.8 Å². The van der Waals surface area contributed by atoms with Crippen LogP contribution >= 0.6 is 0 Å². The fourth-order valence-electron chi connectivity index (χ4n) is 2.60. The van der Waals surface area contributed by atoms with Crippen molar-refractivity contribution in [3.05, 3.63) is 23.3 Å². The number of hydrogen-bond donors (Lipinski definition) is 1. The van der Waals surface area contributed by atoms with Crippen LogP contribution in [0.1, 0.15) is 38.8 Å². The minimum absolute atomic E-state index is 0.0976. The summed E-state index contributed by atoms with van der Waals surface area (Å²) in [4.78, 5) is 24.9. The van der Waals surface area contributed by atoms with Gasteiger partial charge in [0.2, 0.25) is 5.91 Å². The number of amides is 2. The molecule has 1 heterocycles. The Labute approximate surface area is 149 Å². The maximum Gasteiger partial charge on any atom is 0.573 e. The monoisotopic (exact) mass is 374 g/mol. The Morgan fingerprint density at radius 1 is 1.19 bits per heavy atom. The van der Waals surface area contributed by atoms with E-state index in [9.17, 15) is 22.8 Å². The Morgan fingerprint density at radius 3 is 2.38 bits per heavy atom. The van der Waals surface area contributed by atoms with Crippen LogP contribution in [0.4, 0.5) is 23.7 Å². The number of ether oxygens (including phenoxy) is 2. The van der Waals surface area contributed by atoms with Crippen molar-refractivity contribution in [1.82, 2.24) is 4.90 Å². The van der Waals surface area contributed by atoms with Crippen LogP contribution in [0.5, 0.6) is 5.75 Å². The van der Waals surface area contributed by atoms with Crippen molar-refractivity contribution >= 4 is 17.7 Å². The molecule has 0 atom stereocenters. The van der Waals surface area contributed by atoms with E-state index in [2.05, 4.69) is 10.1 Å². The molecule has 0 saturated heterocycles. The highest BCUT2D eigenvalue weighted by Crippen LogP contribution is 2.38. The number of nitrogens with one attached hydrogen (secondary N) is 1. The lowest BCUT2D eigenvalue weighted by atomic mass is 9.98. The first-order valence-electron chi connectivity index (χ1n) is 8.02. The van der Waals surface area contributed by atoms with E-state index in [0.717, 1.165) is 0 Å². The topological polar surface area (TPSA) is 67.9 Å². The molecule has 0 fully saturated rings. The zero-order valence-corrected chi connectivity index (χ0v) is 15.0. The highest BCUT2D eigenvalue weighted by atomic mass is 19.4. The van der Waals surface area contributed by atoms with Crippen LogP contribution in [0.15, 0.2) is 12.1 Å². The maximum absolute atomic E-state index is 12.9. The zero-order chi connectivity index (χ0) is 19.7. The first-order chi connectivity index (χ1) is 11.9. The normalized spacial score (nSPS) is 14.5. The lowest BCUT2D eigenvalue weighted by Gasteiger charge is -2.32. The van der Waals surface area contributed by atoms with Gasteiger partial charge in [-0.25, -0.2) is 4.79 Å². The molecule has 1 aromatic carbocycles. The van der Waals surface area contributed by atoms with Crippen LogP contribution in [-0.4, -0.2) is 35.4 Å². The fraction of sp³-hybridized carbons (Fsp3) is 0.529. The summed E-state index contributed by atoms with van der Waals surface area (Å²) in [5.41, 5.74) is 0.00389. The number of anilines is 1. The minimum Gasteiger partial charge on any atom is -0.444 e. The summed E-state index contributed by atoms with van der Waals surface area (Å²) in [5, 5.41) is 2.33. The number of fused-ring (bicyclic) bond motifs is 1. The van der Waals surface area contributed by atoms with Gasteiger partial charge in [-0.1, -0.05) is 6.07 Å². The molecule has 0 aromatic heterocycles. The van der Waals surface area contributed by atoms with Crippen LogP contribution in [0.25, 0.3) is 0 Å². The molecule has 1 aliphatic heterocycles. The SMILES string of the molecule is CC(=O)Nc1ccc2c(c1OC(F)(F)F)CN(C(=O)OC(C)(C)C)CC2. The van der Waals surface area contributed by atoms with E-state index in [4.69, 9.17) is 4.74 Å². The fourth-order valence-corrected chi connectivity index (χ4v) is 2.60. The Balaban J connectivity index is 2.38. The van der Waals surface area contributed by atoms with Crippen molar-refractivity contribution in [3.63, 3.8) is 0 Å². The number of benzene rings is 1. The van der Waals surface area contributed by atoms with Gasteiger partial charge in [0.1, 0.15) is 5.60 Å². The number of rotatable bonds is 2. The van der Waals surface area contributed by atoms with Crippen LogP contribution in [0.2, 0.25) is 0 Å². The largest absolute Gasteiger partial charge is 0.573 e. The van der Waals surface area contributed by atoms with Gasteiger partial charge < -0.3 is 19.7 Å². The van der Waals surface area contributed by atoms with E-state index in [-0.39, 0.29) is 17.8 Å². The summed E-state index contributed by atoms with van der Waals surface area (Å²) in [6.07, 6.45) is -5.20. The van der Waals surface area contributed by atoms with Crippen molar-refractivity contribution < 1.29 is 32.2 Å².